The summed E-state index contributed by atoms with van der Waals surface area (Å²) in [5.41, 5.74) is 1.70. The minimum absolute atomic E-state index is 0.0603. The number of carbonyl (C=O) groups is 1. The van der Waals surface area contributed by atoms with E-state index in [1.54, 1.807) is 0 Å². The van der Waals surface area contributed by atoms with Crippen LogP contribution >= 0.6 is 0 Å². The number of nitrogens with one attached hydrogen (secondary N) is 1. The number of pyridine rings is 1. The summed E-state index contributed by atoms with van der Waals surface area (Å²) in [7, 11) is 7.91. The van der Waals surface area contributed by atoms with E-state index in [0.717, 1.165) is 30.9 Å². The lowest BCUT2D eigenvalue weighted by atomic mass is 9.75. The molecule has 1 aliphatic carbocycles. The van der Waals surface area contributed by atoms with E-state index in [0.29, 0.717) is 5.56 Å². The molecule has 0 radical (unpaired) electrons. The van der Waals surface area contributed by atoms with Crippen molar-refractivity contribution in [3.8, 4) is 0 Å². The first-order valence-electron chi connectivity index (χ1n) is 7.47. The average Bonchev–Trinajstić information content (AvgIpc) is 2.40. The second kappa shape index (κ2) is 6.02. The number of amides is 1. The number of anilines is 1. The van der Waals surface area contributed by atoms with Crippen LogP contribution in [0.15, 0.2) is 12.1 Å². The van der Waals surface area contributed by atoms with E-state index in [1.165, 1.54) is 6.42 Å². The normalized spacial score (nSPS) is 16.5. The van der Waals surface area contributed by atoms with Crippen LogP contribution in [0.3, 0.4) is 0 Å². The minimum Gasteiger partial charge on any atom is -0.373 e. The number of rotatable bonds is 5. The molecule has 1 saturated carbocycles. The molecule has 1 aromatic rings. The van der Waals surface area contributed by atoms with Crippen molar-refractivity contribution in [2.24, 2.45) is 0 Å². The molecule has 0 bridgehead atoms. The molecule has 1 heterocycles. The van der Waals surface area contributed by atoms with E-state index in [2.05, 4.69) is 29.3 Å². The molecule has 0 aromatic carbocycles. The molecule has 1 aliphatic rings. The zero-order chi connectivity index (χ0) is 15.6. The SMILES string of the molecule is CNc1cc(C(=O)N(C)CC2(N(C)C)CCC2)cc(C)n1. The summed E-state index contributed by atoms with van der Waals surface area (Å²) in [6.07, 6.45) is 3.57. The molecule has 21 heavy (non-hydrogen) atoms. The fraction of sp³-hybridized carbons (Fsp3) is 0.625. The van der Waals surface area contributed by atoms with E-state index in [9.17, 15) is 4.79 Å². The van der Waals surface area contributed by atoms with Crippen LogP contribution in [0.25, 0.3) is 0 Å². The summed E-state index contributed by atoms with van der Waals surface area (Å²) in [5, 5.41) is 3.00. The molecule has 0 atom stereocenters. The second-order valence-electron chi connectivity index (χ2n) is 6.27. The van der Waals surface area contributed by atoms with Gasteiger partial charge in [-0.15, -0.1) is 0 Å². The smallest absolute Gasteiger partial charge is 0.253 e. The Kier molecular flexibility index (Phi) is 4.52. The number of aromatic nitrogens is 1. The van der Waals surface area contributed by atoms with Gasteiger partial charge in [0, 0.05) is 37.4 Å². The first-order valence-corrected chi connectivity index (χ1v) is 7.47. The van der Waals surface area contributed by atoms with E-state index < -0.39 is 0 Å². The Morgan fingerprint density at radius 2 is 2.00 bits per heavy atom. The van der Waals surface area contributed by atoms with Crippen LogP contribution in [-0.2, 0) is 0 Å². The number of nitrogens with zero attached hydrogens (tertiary/aromatic N) is 3. The number of likely N-dealkylation sites (N-methyl/N-ethyl adjacent to an activating group) is 2. The maximum Gasteiger partial charge on any atom is 0.253 e. The molecule has 0 aliphatic heterocycles. The van der Waals surface area contributed by atoms with Crippen molar-refractivity contribution < 1.29 is 4.79 Å². The van der Waals surface area contributed by atoms with Gasteiger partial charge in [-0.2, -0.15) is 0 Å². The number of carbonyl (C=O) groups excluding carboxylic acids is 1. The maximum absolute atomic E-state index is 12.7. The fourth-order valence-corrected chi connectivity index (χ4v) is 2.99. The van der Waals surface area contributed by atoms with Crippen LogP contribution in [0, 0.1) is 6.92 Å². The van der Waals surface area contributed by atoms with Gasteiger partial charge >= 0.3 is 0 Å². The number of aryl methyl sites for hydroxylation is 1. The van der Waals surface area contributed by atoms with Crippen molar-refractivity contribution in [1.82, 2.24) is 14.8 Å². The van der Waals surface area contributed by atoms with Crippen LogP contribution in [-0.4, -0.2) is 61.0 Å². The lowest BCUT2D eigenvalue weighted by molar-refractivity contribution is 0.0252. The highest BCUT2D eigenvalue weighted by atomic mass is 16.2. The van der Waals surface area contributed by atoms with Gasteiger partial charge in [0.1, 0.15) is 5.82 Å². The summed E-state index contributed by atoms with van der Waals surface area (Å²) >= 11 is 0. The second-order valence-corrected chi connectivity index (χ2v) is 6.27. The number of hydrogen-bond donors (Lipinski definition) is 1. The third kappa shape index (κ3) is 3.18. The highest BCUT2D eigenvalue weighted by molar-refractivity contribution is 5.95. The standard InChI is InChI=1S/C16H26N4O/c1-12-9-13(10-14(17-2)18-12)15(21)20(5)11-16(19(3)4)7-6-8-16/h9-10H,6-8,11H2,1-5H3,(H,17,18). The van der Waals surface area contributed by atoms with Gasteiger partial charge in [-0.05, 0) is 52.4 Å². The molecule has 116 valence electrons. The fourth-order valence-electron chi connectivity index (χ4n) is 2.99. The first-order chi connectivity index (χ1) is 9.88. The van der Waals surface area contributed by atoms with Crippen LogP contribution in [0.1, 0.15) is 35.3 Å². The maximum atomic E-state index is 12.7. The molecule has 1 N–H and O–H groups in total. The minimum atomic E-state index is 0.0603. The van der Waals surface area contributed by atoms with Crippen LogP contribution < -0.4 is 5.32 Å². The van der Waals surface area contributed by atoms with E-state index in [-0.39, 0.29) is 11.4 Å². The summed E-state index contributed by atoms with van der Waals surface area (Å²) in [5.74, 6) is 0.794. The molecule has 0 spiro atoms. The first kappa shape index (κ1) is 15.8. The lowest BCUT2D eigenvalue weighted by Crippen LogP contribution is -2.57. The van der Waals surface area contributed by atoms with Gasteiger partial charge in [-0.25, -0.2) is 4.98 Å². The van der Waals surface area contributed by atoms with Crippen molar-refractivity contribution >= 4 is 11.7 Å². The third-order valence-electron chi connectivity index (χ3n) is 4.57. The average molecular weight is 290 g/mol. The van der Waals surface area contributed by atoms with Crippen molar-refractivity contribution in [3.05, 3.63) is 23.4 Å². The Bertz CT molecular complexity index is 523. The van der Waals surface area contributed by atoms with Crippen molar-refractivity contribution in [2.75, 3.05) is 40.1 Å². The molecule has 1 amide bonds. The monoisotopic (exact) mass is 290 g/mol. The molecule has 1 aromatic heterocycles. The van der Waals surface area contributed by atoms with E-state index in [1.807, 2.05) is 38.1 Å². The Hall–Kier alpha value is -1.62. The van der Waals surface area contributed by atoms with Gasteiger partial charge in [0.15, 0.2) is 0 Å². The van der Waals surface area contributed by atoms with Gasteiger partial charge in [-0.1, -0.05) is 0 Å². The molecule has 1 fully saturated rings. The van der Waals surface area contributed by atoms with Gasteiger partial charge < -0.3 is 15.1 Å². The van der Waals surface area contributed by atoms with Gasteiger partial charge in [0.05, 0.1) is 0 Å². The summed E-state index contributed by atoms with van der Waals surface area (Å²) in [6, 6.07) is 3.66. The highest BCUT2D eigenvalue weighted by Gasteiger charge is 2.40. The Morgan fingerprint density at radius 3 is 2.48 bits per heavy atom. The third-order valence-corrected chi connectivity index (χ3v) is 4.57. The van der Waals surface area contributed by atoms with E-state index in [4.69, 9.17) is 0 Å². The summed E-state index contributed by atoms with van der Waals surface area (Å²) < 4.78 is 0. The quantitative estimate of drug-likeness (QED) is 0.901. The molecule has 0 unspecified atom stereocenters. The molecule has 2 rings (SSSR count). The Labute approximate surface area is 127 Å². The molecular formula is C16H26N4O. The zero-order valence-corrected chi connectivity index (χ0v) is 13.7. The predicted octanol–water partition coefficient (Wildman–Crippen LogP) is 1.99. The van der Waals surface area contributed by atoms with Gasteiger partial charge in [-0.3, -0.25) is 4.79 Å². The molecule has 0 saturated heterocycles. The number of hydrogen-bond acceptors (Lipinski definition) is 4. The summed E-state index contributed by atoms with van der Waals surface area (Å²) in [4.78, 5) is 21.1. The lowest BCUT2D eigenvalue weighted by Gasteiger charge is -2.49. The van der Waals surface area contributed by atoms with Crippen molar-refractivity contribution in [3.63, 3.8) is 0 Å². The Morgan fingerprint density at radius 1 is 1.33 bits per heavy atom. The Balaban J connectivity index is 2.14. The predicted molar refractivity (Wildman–Crippen MR) is 85.8 cm³/mol. The van der Waals surface area contributed by atoms with Crippen LogP contribution in [0.5, 0.6) is 0 Å². The van der Waals surface area contributed by atoms with Crippen LogP contribution in [0.2, 0.25) is 0 Å². The van der Waals surface area contributed by atoms with Gasteiger partial charge in [0.25, 0.3) is 5.91 Å². The molecule has 5 nitrogen and oxygen atoms in total. The topological polar surface area (TPSA) is 48.5 Å². The largest absolute Gasteiger partial charge is 0.373 e. The molecule has 5 heteroatoms. The highest BCUT2D eigenvalue weighted by Crippen LogP contribution is 2.36. The van der Waals surface area contributed by atoms with Crippen molar-refractivity contribution in [2.45, 2.75) is 31.7 Å². The van der Waals surface area contributed by atoms with Crippen molar-refractivity contribution in [1.29, 1.82) is 0 Å². The molecular weight excluding hydrogens is 264 g/mol. The zero-order valence-electron chi connectivity index (χ0n) is 13.7. The van der Waals surface area contributed by atoms with E-state index >= 15 is 0 Å². The summed E-state index contributed by atoms with van der Waals surface area (Å²) in [6.45, 7) is 2.68. The van der Waals surface area contributed by atoms with Crippen LogP contribution in [0.4, 0.5) is 5.82 Å². The van der Waals surface area contributed by atoms with Gasteiger partial charge in [0.2, 0.25) is 0 Å².